The normalized spacial score (nSPS) is 20.2. The number of carboxylic acids is 1. The van der Waals surface area contributed by atoms with Gasteiger partial charge in [-0.15, -0.1) is 0 Å². The third-order valence-corrected chi connectivity index (χ3v) is 7.48. The molecule has 2 fully saturated rings. The molecule has 0 aliphatic carbocycles. The minimum Gasteiger partial charge on any atom is -0.481 e. The molecule has 2 aliphatic heterocycles. The van der Waals surface area contributed by atoms with E-state index >= 15 is 0 Å². The molecule has 6 nitrogen and oxygen atoms in total. The Bertz CT molecular complexity index is 1260. The summed E-state index contributed by atoms with van der Waals surface area (Å²) in [6.07, 6.45) is -7.85. The first-order valence-corrected chi connectivity index (χ1v) is 12.5. The molecule has 1 unspecified atom stereocenters. The van der Waals surface area contributed by atoms with Gasteiger partial charge >= 0.3 is 18.3 Å². The van der Waals surface area contributed by atoms with Crippen LogP contribution in [0.4, 0.5) is 26.3 Å². The van der Waals surface area contributed by atoms with Crippen LogP contribution < -0.4 is 0 Å². The van der Waals surface area contributed by atoms with Gasteiger partial charge in [0.15, 0.2) is 0 Å². The number of rotatable bonds is 7. The van der Waals surface area contributed by atoms with Crippen LogP contribution in [0.2, 0.25) is 0 Å². The molecular weight excluding hydrogens is 558 g/mol. The number of amides is 1. The Labute approximate surface area is 222 Å². The summed E-state index contributed by atoms with van der Waals surface area (Å²) >= 11 is 6.34. The number of hydrogen-bond acceptors (Lipinski definition) is 6. The van der Waals surface area contributed by atoms with E-state index in [1.54, 1.807) is 0 Å². The summed E-state index contributed by atoms with van der Waals surface area (Å²) in [7, 11) is 0. The smallest absolute Gasteiger partial charge is 0.416 e. The molecule has 204 valence electrons. The predicted molar refractivity (Wildman–Crippen MR) is 131 cm³/mol. The van der Waals surface area contributed by atoms with Crippen molar-refractivity contribution < 1.29 is 45.5 Å². The largest absolute Gasteiger partial charge is 0.481 e. The van der Waals surface area contributed by atoms with Crippen LogP contribution in [0.15, 0.2) is 39.7 Å². The van der Waals surface area contributed by atoms with E-state index < -0.39 is 35.0 Å². The molecule has 1 aromatic heterocycles. The summed E-state index contributed by atoms with van der Waals surface area (Å²) in [5.74, 6) is -1.33. The molecule has 2 aromatic rings. The van der Waals surface area contributed by atoms with Gasteiger partial charge in [0.05, 0.1) is 22.5 Å². The Morgan fingerprint density at radius 1 is 1.13 bits per heavy atom. The van der Waals surface area contributed by atoms with Gasteiger partial charge in [-0.25, -0.2) is 0 Å². The second kappa shape index (κ2) is 10.7. The van der Waals surface area contributed by atoms with Crippen molar-refractivity contribution in [1.29, 1.82) is 0 Å². The number of alkyl halides is 6. The van der Waals surface area contributed by atoms with Crippen molar-refractivity contribution in [3.05, 3.63) is 52.1 Å². The van der Waals surface area contributed by atoms with Crippen LogP contribution in [0.25, 0.3) is 17.4 Å². The van der Waals surface area contributed by atoms with Crippen molar-refractivity contribution in [3.8, 4) is 11.3 Å². The molecule has 2 saturated heterocycles. The average molecular weight is 579 g/mol. The molecule has 1 aromatic carbocycles. The van der Waals surface area contributed by atoms with E-state index in [1.807, 2.05) is 4.90 Å². The van der Waals surface area contributed by atoms with Crippen LogP contribution >= 0.6 is 24.0 Å². The maximum absolute atomic E-state index is 13.2. The van der Waals surface area contributed by atoms with E-state index in [9.17, 15) is 35.9 Å². The maximum Gasteiger partial charge on any atom is 0.416 e. The fraction of sp³-hybridized carbons (Fsp3) is 0.375. The summed E-state index contributed by atoms with van der Waals surface area (Å²) in [6, 6.07) is 3.74. The SMILES string of the molecule is O=C(O)CCN1CCC(CN2C(=O)C(=Cc3ccc(-c4cc(C(F)(F)F)cc(C(F)(F)F)c4)o3)SC2=S)C1. The Balaban J connectivity index is 1.49. The van der Waals surface area contributed by atoms with Crippen molar-refractivity contribution in [3.63, 3.8) is 0 Å². The molecule has 0 bridgehead atoms. The number of carboxylic acid groups (broad SMARTS) is 1. The highest BCUT2D eigenvalue weighted by Gasteiger charge is 2.38. The topological polar surface area (TPSA) is 74.0 Å². The van der Waals surface area contributed by atoms with Gasteiger partial charge in [-0.1, -0.05) is 24.0 Å². The fourth-order valence-electron chi connectivity index (χ4n) is 4.25. The second-order valence-corrected chi connectivity index (χ2v) is 10.6. The van der Waals surface area contributed by atoms with Gasteiger partial charge in [0.2, 0.25) is 0 Å². The van der Waals surface area contributed by atoms with E-state index in [0.29, 0.717) is 42.6 Å². The zero-order valence-electron chi connectivity index (χ0n) is 19.4. The van der Waals surface area contributed by atoms with Crippen LogP contribution in [0.3, 0.4) is 0 Å². The number of thioether (sulfide) groups is 1. The molecule has 0 spiro atoms. The lowest BCUT2D eigenvalue weighted by atomic mass is 10.0. The van der Waals surface area contributed by atoms with Gasteiger partial charge in [0.25, 0.3) is 5.91 Å². The first-order valence-electron chi connectivity index (χ1n) is 11.3. The maximum atomic E-state index is 13.2. The third-order valence-electron chi connectivity index (χ3n) is 6.10. The summed E-state index contributed by atoms with van der Waals surface area (Å²) < 4.78 is 84.9. The first kappa shape index (κ1) is 28.2. The number of halogens is 6. The van der Waals surface area contributed by atoms with Gasteiger partial charge in [-0.2, -0.15) is 26.3 Å². The summed E-state index contributed by atoms with van der Waals surface area (Å²) in [5.41, 5.74) is -3.34. The van der Waals surface area contributed by atoms with E-state index in [-0.39, 0.29) is 40.7 Å². The number of thiocarbonyl (C=S) groups is 1. The van der Waals surface area contributed by atoms with Crippen molar-refractivity contribution in [2.45, 2.75) is 25.2 Å². The van der Waals surface area contributed by atoms with Crippen molar-refractivity contribution >= 4 is 46.3 Å². The molecular formula is C24H20F6N2O4S2. The molecule has 1 N–H and O–H groups in total. The van der Waals surface area contributed by atoms with Gasteiger partial charge in [0.1, 0.15) is 15.8 Å². The van der Waals surface area contributed by atoms with Crippen molar-refractivity contribution in [2.24, 2.45) is 5.92 Å². The summed E-state index contributed by atoms with van der Waals surface area (Å²) in [6.45, 7) is 2.10. The van der Waals surface area contributed by atoms with Gasteiger partial charge in [0, 0.05) is 31.3 Å². The van der Waals surface area contributed by atoms with E-state index in [4.69, 9.17) is 21.7 Å². The highest BCUT2D eigenvalue weighted by molar-refractivity contribution is 8.26. The summed E-state index contributed by atoms with van der Waals surface area (Å²) in [4.78, 5) is 27.4. The number of benzene rings is 1. The molecule has 1 atom stereocenters. The molecule has 0 saturated carbocycles. The Hall–Kier alpha value is -2.84. The molecule has 2 aliphatic rings. The molecule has 1 amide bonds. The number of likely N-dealkylation sites (tertiary alicyclic amines) is 1. The predicted octanol–water partition coefficient (Wildman–Crippen LogP) is 5.98. The molecule has 14 heteroatoms. The van der Waals surface area contributed by atoms with Crippen LogP contribution in [0.1, 0.15) is 29.7 Å². The van der Waals surface area contributed by atoms with Crippen LogP contribution in [-0.2, 0) is 21.9 Å². The monoisotopic (exact) mass is 578 g/mol. The fourth-order valence-corrected chi connectivity index (χ4v) is 5.50. The van der Waals surface area contributed by atoms with E-state index in [0.717, 1.165) is 18.2 Å². The highest BCUT2D eigenvalue weighted by Crippen LogP contribution is 2.40. The Morgan fingerprint density at radius 2 is 1.79 bits per heavy atom. The van der Waals surface area contributed by atoms with Crippen LogP contribution in [0, 0.1) is 5.92 Å². The molecule has 4 rings (SSSR count). The highest BCUT2D eigenvalue weighted by atomic mass is 32.2. The summed E-state index contributed by atoms with van der Waals surface area (Å²) in [5, 5.41) is 8.84. The number of carbonyl (C=O) groups excluding carboxylic acids is 1. The Kier molecular flexibility index (Phi) is 7.96. The lowest BCUT2D eigenvalue weighted by molar-refractivity contribution is -0.143. The second-order valence-electron chi connectivity index (χ2n) is 8.89. The molecule has 0 radical (unpaired) electrons. The zero-order chi connectivity index (χ0) is 27.8. The van der Waals surface area contributed by atoms with Crippen molar-refractivity contribution in [2.75, 3.05) is 26.2 Å². The lowest BCUT2D eigenvalue weighted by Crippen LogP contribution is -2.34. The minimum absolute atomic E-state index is 0.0274. The van der Waals surface area contributed by atoms with E-state index in [1.165, 1.54) is 23.1 Å². The number of aliphatic carboxylic acids is 1. The van der Waals surface area contributed by atoms with E-state index in [2.05, 4.69) is 0 Å². The third kappa shape index (κ3) is 6.59. The first-order chi connectivity index (χ1) is 17.7. The molecule has 38 heavy (non-hydrogen) atoms. The van der Waals surface area contributed by atoms with Crippen LogP contribution in [0.5, 0.6) is 0 Å². The van der Waals surface area contributed by atoms with Gasteiger partial charge in [-0.05, 0) is 49.2 Å². The quantitative estimate of drug-likeness (QED) is 0.246. The van der Waals surface area contributed by atoms with Crippen LogP contribution in [-0.4, -0.2) is 57.3 Å². The number of carbonyl (C=O) groups is 2. The minimum atomic E-state index is -4.99. The van der Waals surface area contributed by atoms with Gasteiger partial charge in [-0.3, -0.25) is 14.5 Å². The van der Waals surface area contributed by atoms with Gasteiger partial charge < -0.3 is 14.4 Å². The number of furan rings is 1. The lowest BCUT2D eigenvalue weighted by Gasteiger charge is -2.20. The number of nitrogens with zero attached hydrogens (tertiary/aromatic N) is 2. The molecule has 3 heterocycles. The standard InChI is InChI=1S/C24H20F6N2O4S2/c25-23(26,27)15-7-14(8-16(9-15)24(28,29)30)18-2-1-17(36-18)10-19-21(35)32(22(37)38-19)12-13-3-5-31(11-13)6-4-20(33)34/h1-2,7-10,13H,3-6,11-12H2,(H,33,34). The Morgan fingerprint density at radius 3 is 2.39 bits per heavy atom. The van der Waals surface area contributed by atoms with Crippen molar-refractivity contribution in [1.82, 2.24) is 9.80 Å². The average Bonchev–Trinajstić information content (AvgIpc) is 3.53. The zero-order valence-corrected chi connectivity index (χ0v) is 21.1. The number of hydrogen-bond donors (Lipinski definition) is 1.